The van der Waals surface area contributed by atoms with Crippen molar-refractivity contribution < 1.29 is 28.7 Å². The van der Waals surface area contributed by atoms with Crippen LogP contribution in [0.2, 0.25) is 0 Å². The van der Waals surface area contributed by atoms with E-state index in [2.05, 4.69) is 10.1 Å². The molecular formula is C13H16N2O7. The Hall–Kier alpha value is -2.84. The van der Waals surface area contributed by atoms with Gasteiger partial charge in [-0.1, -0.05) is 0 Å². The number of carbonyl (C=O) groups is 2. The number of methoxy groups -OCH3 is 2. The number of rotatable bonds is 7. The highest BCUT2D eigenvalue weighted by molar-refractivity contribution is 6.03. The Morgan fingerprint density at radius 1 is 1.23 bits per heavy atom. The van der Waals surface area contributed by atoms with Crippen molar-refractivity contribution in [3.63, 3.8) is 0 Å². The Morgan fingerprint density at radius 2 is 1.82 bits per heavy atom. The molecule has 0 aliphatic rings. The molecule has 0 radical (unpaired) electrons. The fourth-order valence-electron chi connectivity index (χ4n) is 1.74. The molecule has 0 spiro atoms. The number of nitrogens with one attached hydrogen (secondary N) is 1. The third-order valence-corrected chi connectivity index (χ3v) is 2.65. The summed E-state index contributed by atoms with van der Waals surface area (Å²) in [6.07, 6.45) is 0. The fourth-order valence-corrected chi connectivity index (χ4v) is 1.74. The molecule has 0 aromatic heterocycles. The molecule has 1 N–H and O–H groups in total. The minimum Gasteiger partial charge on any atom is -0.496 e. The monoisotopic (exact) mass is 312 g/mol. The molecule has 0 aliphatic heterocycles. The zero-order valence-corrected chi connectivity index (χ0v) is 12.4. The van der Waals surface area contributed by atoms with E-state index in [-0.39, 0.29) is 23.7 Å². The van der Waals surface area contributed by atoms with Crippen molar-refractivity contribution in [3.8, 4) is 11.5 Å². The van der Waals surface area contributed by atoms with Crippen LogP contribution in [-0.4, -0.2) is 44.2 Å². The van der Waals surface area contributed by atoms with Crippen molar-refractivity contribution >= 4 is 17.6 Å². The fraction of sp³-hybridized carbons (Fsp3) is 0.385. The number of nitro groups is 1. The second-order valence-corrected chi connectivity index (χ2v) is 3.94. The molecule has 0 aliphatic carbocycles. The Bertz CT molecular complexity index is 586. The van der Waals surface area contributed by atoms with Gasteiger partial charge in [-0.15, -0.1) is 0 Å². The molecule has 0 unspecified atom stereocenters. The van der Waals surface area contributed by atoms with Crippen LogP contribution >= 0.6 is 0 Å². The predicted molar refractivity (Wildman–Crippen MR) is 75.2 cm³/mol. The van der Waals surface area contributed by atoms with E-state index in [1.165, 1.54) is 26.4 Å². The number of nitro benzene ring substituents is 1. The maximum absolute atomic E-state index is 12.2. The zero-order chi connectivity index (χ0) is 16.7. The molecule has 0 heterocycles. The molecule has 120 valence electrons. The molecule has 0 saturated carbocycles. The van der Waals surface area contributed by atoms with Gasteiger partial charge in [0.1, 0.15) is 12.3 Å². The van der Waals surface area contributed by atoms with Crippen molar-refractivity contribution in [1.82, 2.24) is 5.32 Å². The van der Waals surface area contributed by atoms with Crippen LogP contribution in [0.4, 0.5) is 5.69 Å². The summed E-state index contributed by atoms with van der Waals surface area (Å²) in [4.78, 5) is 33.9. The van der Waals surface area contributed by atoms with E-state index in [1.807, 2.05) is 0 Å². The predicted octanol–water partition coefficient (Wildman–Crippen LogP) is 0.905. The van der Waals surface area contributed by atoms with Gasteiger partial charge in [0.15, 0.2) is 11.3 Å². The molecule has 1 rings (SSSR count). The van der Waals surface area contributed by atoms with Crippen LogP contribution in [0.3, 0.4) is 0 Å². The van der Waals surface area contributed by atoms with E-state index >= 15 is 0 Å². The quantitative estimate of drug-likeness (QED) is 0.451. The SMILES string of the molecule is CCOC(=O)CNC(=O)c1c(OC)ccc(OC)c1[N+](=O)[O-]. The zero-order valence-electron chi connectivity index (χ0n) is 12.4. The van der Waals surface area contributed by atoms with E-state index in [0.29, 0.717) is 0 Å². The van der Waals surface area contributed by atoms with Gasteiger partial charge in [-0.25, -0.2) is 0 Å². The molecule has 1 aromatic carbocycles. The largest absolute Gasteiger partial charge is 0.496 e. The molecule has 0 atom stereocenters. The summed E-state index contributed by atoms with van der Waals surface area (Å²) in [6.45, 7) is 1.37. The summed E-state index contributed by atoms with van der Waals surface area (Å²) >= 11 is 0. The number of hydrogen-bond acceptors (Lipinski definition) is 7. The number of nitrogens with zero attached hydrogens (tertiary/aromatic N) is 1. The summed E-state index contributed by atoms with van der Waals surface area (Å²) in [5.41, 5.74) is -0.862. The standard InChI is InChI=1S/C13H16N2O7/c1-4-22-10(16)7-14-13(17)11-8(20-2)5-6-9(21-3)12(11)15(18)19/h5-6H,4,7H2,1-3H3,(H,14,17). The summed E-state index contributed by atoms with van der Waals surface area (Å²) in [7, 11) is 2.52. The van der Waals surface area contributed by atoms with Crippen molar-refractivity contribution in [2.24, 2.45) is 0 Å². The van der Waals surface area contributed by atoms with Gasteiger partial charge in [0.2, 0.25) is 0 Å². The van der Waals surface area contributed by atoms with Gasteiger partial charge < -0.3 is 19.5 Å². The Balaban J connectivity index is 3.17. The number of carbonyl (C=O) groups excluding carboxylic acids is 2. The molecule has 0 fully saturated rings. The first-order valence-electron chi connectivity index (χ1n) is 6.29. The Labute approximate surface area is 126 Å². The number of hydrogen-bond donors (Lipinski definition) is 1. The van der Waals surface area contributed by atoms with E-state index < -0.39 is 29.0 Å². The van der Waals surface area contributed by atoms with Crippen LogP contribution in [0.1, 0.15) is 17.3 Å². The molecule has 22 heavy (non-hydrogen) atoms. The van der Waals surface area contributed by atoms with Crippen LogP contribution in [0.15, 0.2) is 12.1 Å². The summed E-state index contributed by atoms with van der Waals surface area (Å²) in [5, 5.41) is 13.5. The van der Waals surface area contributed by atoms with Crippen LogP contribution in [0.25, 0.3) is 0 Å². The highest BCUT2D eigenvalue weighted by Gasteiger charge is 2.30. The highest BCUT2D eigenvalue weighted by Crippen LogP contribution is 2.36. The second kappa shape index (κ2) is 7.81. The summed E-state index contributed by atoms with van der Waals surface area (Å²) < 4.78 is 14.5. The maximum Gasteiger partial charge on any atom is 0.327 e. The summed E-state index contributed by atoms with van der Waals surface area (Å²) in [6, 6.07) is 2.68. The first-order chi connectivity index (χ1) is 10.5. The smallest absolute Gasteiger partial charge is 0.327 e. The number of esters is 1. The van der Waals surface area contributed by atoms with Crippen molar-refractivity contribution in [1.29, 1.82) is 0 Å². The number of benzene rings is 1. The van der Waals surface area contributed by atoms with Crippen LogP contribution < -0.4 is 14.8 Å². The molecule has 9 heteroatoms. The van der Waals surface area contributed by atoms with Gasteiger partial charge in [0.05, 0.1) is 25.7 Å². The molecule has 0 saturated heterocycles. The average molecular weight is 312 g/mol. The first kappa shape index (κ1) is 17.2. The topological polar surface area (TPSA) is 117 Å². The van der Waals surface area contributed by atoms with Crippen molar-refractivity contribution in [2.75, 3.05) is 27.4 Å². The van der Waals surface area contributed by atoms with E-state index in [9.17, 15) is 19.7 Å². The molecular weight excluding hydrogens is 296 g/mol. The van der Waals surface area contributed by atoms with Crippen LogP contribution in [-0.2, 0) is 9.53 Å². The summed E-state index contributed by atoms with van der Waals surface area (Å²) in [5.74, 6) is -1.59. The van der Waals surface area contributed by atoms with Crippen LogP contribution in [0.5, 0.6) is 11.5 Å². The number of amides is 1. The lowest BCUT2D eigenvalue weighted by Crippen LogP contribution is -2.31. The Kier molecular flexibility index (Phi) is 6.11. The van der Waals surface area contributed by atoms with Gasteiger partial charge >= 0.3 is 11.7 Å². The maximum atomic E-state index is 12.2. The van der Waals surface area contributed by atoms with E-state index in [4.69, 9.17) is 9.47 Å². The van der Waals surface area contributed by atoms with Crippen LogP contribution in [0, 0.1) is 10.1 Å². The van der Waals surface area contributed by atoms with Gasteiger partial charge in [-0.05, 0) is 19.1 Å². The first-order valence-corrected chi connectivity index (χ1v) is 6.29. The highest BCUT2D eigenvalue weighted by atomic mass is 16.6. The lowest BCUT2D eigenvalue weighted by Gasteiger charge is -2.11. The average Bonchev–Trinajstić information content (AvgIpc) is 2.51. The third kappa shape index (κ3) is 3.84. The minimum absolute atomic E-state index is 0.00569. The lowest BCUT2D eigenvalue weighted by molar-refractivity contribution is -0.386. The molecule has 0 bridgehead atoms. The Morgan fingerprint density at radius 3 is 2.32 bits per heavy atom. The molecule has 1 aromatic rings. The normalized spacial score (nSPS) is 9.77. The second-order valence-electron chi connectivity index (χ2n) is 3.94. The van der Waals surface area contributed by atoms with E-state index in [1.54, 1.807) is 6.92 Å². The van der Waals surface area contributed by atoms with Gasteiger partial charge in [0.25, 0.3) is 5.91 Å². The van der Waals surface area contributed by atoms with Crippen molar-refractivity contribution in [3.05, 3.63) is 27.8 Å². The third-order valence-electron chi connectivity index (χ3n) is 2.65. The lowest BCUT2D eigenvalue weighted by atomic mass is 10.1. The van der Waals surface area contributed by atoms with Gasteiger partial charge in [-0.3, -0.25) is 19.7 Å². The molecule has 9 nitrogen and oxygen atoms in total. The number of ether oxygens (including phenoxy) is 3. The van der Waals surface area contributed by atoms with Gasteiger partial charge in [-0.2, -0.15) is 0 Å². The molecule has 1 amide bonds. The van der Waals surface area contributed by atoms with Crippen molar-refractivity contribution in [2.45, 2.75) is 6.92 Å². The minimum atomic E-state index is -0.837. The van der Waals surface area contributed by atoms with E-state index in [0.717, 1.165) is 0 Å². The van der Waals surface area contributed by atoms with Gasteiger partial charge in [0, 0.05) is 0 Å².